The third-order valence-electron chi connectivity index (χ3n) is 6.27. The van der Waals surface area contributed by atoms with Crippen LogP contribution in [0.4, 0.5) is 0 Å². The Balaban J connectivity index is 1.49. The number of aromatic nitrogens is 3. The van der Waals surface area contributed by atoms with E-state index in [0.29, 0.717) is 29.5 Å². The molecule has 35 heavy (non-hydrogen) atoms. The molecule has 0 aliphatic rings. The van der Waals surface area contributed by atoms with Crippen LogP contribution in [0, 0.1) is 6.92 Å². The van der Waals surface area contributed by atoms with E-state index in [-0.39, 0.29) is 11.8 Å². The molecule has 3 heterocycles. The molecule has 0 saturated heterocycles. The van der Waals surface area contributed by atoms with Gasteiger partial charge in [-0.15, -0.1) is 11.3 Å². The maximum atomic E-state index is 13.2. The van der Waals surface area contributed by atoms with E-state index in [4.69, 9.17) is 9.47 Å². The second kappa shape index (κ2) is 9.46. The van der Waals surface area contributed by atoms with Crippen LogP contribution in [0.1, 0.15) is 39.3 Å². The highest BCUT2D eigenvalue weighted by molar-refractivity contribution is 7.20. The SMILES string of the molecule is CCOc1ccc(C(CNC(=O)c2cc3c(C)nn(C)c3s2)c2c[nH]c3ccccc23)cc1OC. The van der Waals surface area contributed by atoms with E-state index in [0.717, 1.165) is 37.9 Å². The van der Waals surface area contributed by atoms with E-state index >= 15 is 0 Å². The number of aryl methyl sites for hydroxylation is 2. The predicted molar refractivity (Wildman–Crippen MR) is 140 cm³/mol. The average molecular weight is 489 g/mol. The summed E-state index contributed by atoms with van der Waals surface area (Å²) in [5, 5.41) is 9.76. The van der Waals surface area contributed by atoms with Gasteiger partial charge in [0.1, 0.15) is 4.83 Å². The van der Waals surface area contributed by atoms with E-state index < -0.39 is 0 Å². The van der Waals surface area contributed by atoms with Crippen LogP contribution in [0.15, 0.2) is 54.7 Å². The van der Waals surface area contributed by atoms with Crippen LogP contribution >= 0.6 is 11.3 Å². The molecule has 180 valence electrons. The number of nitrogens with zero attached hydrogens (tertiary/aromatic N) is 2. The standard InChI is InChI=1S/C27H28N4O3S/c1-5-34-23-11-10-17(12-24(23)33-4)20(21-15-28-22-9-7-6-8-18(21)22)14-29-26(32)25-13-19-16(2)30-31(3)27(19)35-25/h6-13,15,20,28H,5,14H2,1-4H3,(H,29,32). The second-order valence-corrected chi connectivity index (χ2v) is 9.46. The Kier molecular flexibility index (Phi) is 6.21. The van der Waals surface area contributed by atoms with Gasteiger partial charge in [0.15, 0.2) is 11.5 Å². The molecular weight excluding hydrogens is 460 g/mol. The van der Waals surface area contributed by atoms with Gasteiger partial charge in [-0.05, 0) is 49.2 Å². The van der Waals surface area contributed by atoms with Gasteiger partial charge in [-0.25, -0.2) is 0 Å². The Morgan fingerprint density at radius 1 is 1.17 bits per heavy atom. The number of carbonyl (C=O) groups excluding carboxylic acids is 1. The molecule has 1 unspecified atom stereocenters. The van der Waals surface area contributed by atoms with Crippen LogP contribution in [0.2, 0.25) is 0 Å². The Hall–Kier alpha value is -3.78. The topological polar surface area (TPSA) is 81.2 Å². The zero-order valence-corrected chi connectivity index (χ0v) is 21.0. The zero-order valence-electron chi connectivity index (χ0n) is 20.2. The van der Waals surface area contributed by atoms with Gasteiger partial charge in [0.05, 0.1) is 24.3 Å². The third-order valence-corrected chi connectivity index (χ3v) is 7.47. The van der Waals surface area contributed by atoms with Crippen LogP contribution in [0.25, 0.3) is 21.1 Å². The van der Waals surface area contributed by atoms with Crippen LogP contribution < -0.4 is 14.8 Å². The lowest BCUT2D eigenvalue weighted by atomic mass is 9.90. The van der Waals surface area contributed by atoms with Crippen LogP contribution in [-0.4, -0.2) is 40.9 Å². The molecule has 5 rings (SSSR count). The number of fused-ring (bicyclic) bond motifs is 2. The van der Waals surface area contributed by atoms with Gasteiger partial charge < -0.3 is 19.8 Å². The molecule has 0 bridgehead atoms. The maximum absolute atomic E-state index is 13.2. The summed E-state index contributed by atoms with van der Waals surface area (Å²) in [7, 11) is 3.54. The molecule has 2 aromatic carbocycles. The summed E-state index contributed by atoms with van der Waals surface area (Å²) >= 11 is 1.46. The molecular formula is C27H28N4O3S. The van der Waals surface area contributed by atoms with Crippen molar-refractivity contribution in [2.24, 2.45) is 7.05 Å². The minimum Gasteiger partial charge on any atom is -0.493 e. The average Bonchev–Trinajstić information content (AvgIpc) is 3.56. The number of hydrogen-bond acceptors (Lipinski definition) is 5. The van der Waals surface area contributed by atoms with Gasteiger partial charge in [-0.1, -0.05) is 24.3 Å². The van der Waals surface area contributed by atoms with E-state index in [1.165, 1.54) is 11.3 Å². The predicted octanol–water partition coefficient (Wildman–Crippen LogP) is 5.39. The van der Waals surface area contributed by atoms with E-state index in [1.807, 2.05) is 68.2 Å². The summed E-state index contributed by atoms with van der Waals surface area (Å²) < 4.78 is 13.1. The lowest BCUT2D eigenvalue weighted by molar-refractivity contribution is 0.0956. The van der Waals surface area contributed by atoms with E-state index in [2.05, 4.69) is 27.5 Å². The summed E-state index contributed by atoms with van der Waals surface area (Å²) in [5.41, 5.74) is 4.13. The summed E-state index contributed by atoms with van der Waals surface area (Å²) in [5.74, 6) is 1.20. The number of rotatable bonds is 8. The maximum Gasteiger partial charge on any atom is 0.261 e. The summed E-state index contributed by atoms with van der Waals surface area (Å²) in [4.78, 5) is 18.2. The molecule has 0 aliphatic carbocycles. The Labute approximate surface area is 207 Å². The number of methoxy groups -OCH3 is 1. The van der Waals surface area contributed by atoms with E-state index in [1.54, 1.807) is 7.11 Å². The van der Waals surface area contributed by atoms with Crippen LogP contribution in [0.3, 0.4) is 0 Å². The summed E-state index contributed by atoms with van der Waals surface area (Å²) in [6.07, 6.45) is 2.03. The molecule has 1 amide bonds. The van der Waals surface area contributed by atoms with Crippen LogP contribution in [0.5, 0.6) is 11.5 Å². The van der Waals surface area contributed by atoms with Crippen molar-refractivity contribution in [1.82, 2.24) is 20.1 Å². The normalized spacial score (nSPS) is 12.2. The van der Waals surface area contributed by atoms with Gasteiger partial charge >= 0.3 is 0 Å². The van der Waals surface area contributed by atoms with Crippen molar-refractivity contribution < 1.29 is 14.3 Å². The highest BCUT2D eigenvalue weighted by atomic mass is 32.1. The molecule has 5 aromatic rings. The highest BCUT2D eigenvalue weighted by Gasteiger charge is 2.22. The van der Waals surface area contributed by atoms with Crippen molar-refractivity contribution in [2.75, 3.05) is 20.3 Å². The first-order valence-corrected chi connectivity index (χ1v) is 12.4. The largest absolute Gasteiger partial charge is 0.493 e. The number of carbonyl (C=O) groups is 1. The fourth-order valence-corrected chi connectivity index (χ4v) is 5.60. The number of amides is 1. The Morgan fingerprint density at radius 2 is 2.00 bits per heavy atom. The first kappa shape index (κ1) is 23.0. The summed E-state index contributed by atoms with van der Waals surface area (Å²) in [6, 6.07) is 16.1. The van der Waals surface area contributed by atoms with Crippen molar-refractivity contribution in [3.63, 3.8) is 0 Å². The molecule has 0 fully saturated rings. The zero-order chi connectivity index (χ0) is 24.5. The fourth-order valence-electron chi connectivity index (χ4n) is 4.56. The molecule has 0 aliphatic heterocycles. The molecule has 3 aromatic heterocycles. The van der Waals surface area contributed by atoms with Crippen molar-refractivity contribution in [3.05, 3.63) is 76.4 Å². The molecule has 0 spiro atoms. The van der Waals surface area contributed by atoms with Crippen molar-refractivity contribution in [1.29, 1.82) is 0 Å². The molecule has 7 nitrogen and oxygen atoms in total. The smallest absolute Gasteiger partial charge is 0.261 e. The lowest BCUT2D eigenvalue weighted by Crippen LogP contribution is -2.28. The fraction of sp³-hybridized carbons (Fsp3) is 0.259. The van der Waals surface area contributed by atoms with Crippen molar-refractivity contribution in [3.8, 4) is 11.5 Å². The summed E-state index contributed by atoms with van der Waals surface area (Å²) in [6.45, 7) is 4.90. The van der Waals surface area contributed by atoms with Gasteiger partial charge in [0.25, 0.3) is 5.91 Å². The molecule has 8 heteroatoms. The molecule has 0 radical (unpaired) electrons. The Bertz CT molecular complexity index is 1480. The quantitative estimate of drug-likeness (QED) is 0.307. The number of H-pyrrole nitrogens is 1. The van der Waals surface area contributed by atoms with Gasteiger partial charge in [0, 0.05) is 42.0 Å². The minimum absolute atomic E-state index is 0.0857. The van der Waals surface area contributed by atoms with Gasteiger partial charge in [0.2, 0.25) is 0 Å². The third kappa shape index (κ3) is 4.25. The molecule has 0 saturated carbocycles. The van der Waals surface area contributed by atoms with Gasteiger partial charge in [-0.2, -0.15) is 5.10 Å². The Morgan fingerprint density at radius 3 is 2.77 bits per heavy atom. The number of thiophene rings is 1. The first-order chi connectivity index (χ1) is 17.0. The van der Waals surface area contributed by atoms with Crippen LogP contribution in [-0.2, 0) is 7.05 Å². The van der Waals surface area contributed by atoms with Crippen molar-refractivity contribution >= 4 is 38.4 Å². The number of para-hydroxylation sites is 1. The number of ether oxygens (including phenoxy) is 2. The highest BCUT2D eigenvalue weighted by Crippen LogP contribution is 2.36. The monoisotopic (exact) mass is 488 g/mol. The number of benzene rings is 2. The molecule has 1 atom stereocenters. The number of hydrogen-bond donors (Lipinski definition) is 2. The van der Waals surface area contributed by atoms with Gasteiger partial charge in [-0.3, -0.25) is 9.48 Å². The minimum atomic E-state index is -0.0895. The number of aromatic amines is 1. The van der Waals surface area contributed by atoms with E-state index in [9.17, 15) is 4.79 Å². The second-order valence-electron chi connectivity index (χ2n) is 8.43. The lowest BCUT2D eigenvalue weighted by Gasteiger charge is -2.20. The molecule has 2 N–H and O–H groups in total. The number of nitrogens with one attached hydrogen (secondary N) is 2. The van der Waals surface area contributed by atoms with Crippen molar-refractivity contribution in [2.45, 2.75) is 19.8 Å². The first-order valence-electron chi connectivity index (χ1n) is 11.6.